The fourth-order valence-electron chi connectivity index (χ4n) is 1.92. The van der Waals surface area contributed by atoms with E-state index in [1.807, 2.05) is 12.1 Å². The summed E-state index contributed by atoms with van der Waals surface area (Å²) in [5.74, 6) is -0.494. The van der Waals surface area contributed by atoms with Crippen molar-refractivity contribution in [3.63, 3.8) is 0 Å². The van der Waals surface area contributed by atoms with Crippen LogP contribution >= 0.6 is 0 Å². The van der Waals surface area contributed by atoms with Crippen LogP contribution in [0.4, 0.5) is 11.4 Å². The minimum atomic E-state index is -1.22. The predicted molar refractivity (Wildman–Crippen MR) is 80.4 cm³/mol. The zero-order valence-electron chi connectivity index (χ0n) is 11.8. The SMILES string of the molecule is COc1ccc(CNc2ccc([N+](=O)[O-])cc2C(=O)O)cc1. The maximum atomic E-state index is 11.2. The van der Waals surface area contributed by atoms with Gasteiger partial charge in [0.25, 0.3) is 5.69 Å². The molecule has 2 N–H and O–H groups in total. The smallest absolute Gasteiger partial charge is 0.338 e. The van der Waals surface area contributed by atoms with Crippen molar-refractivity contribution in [2.45, 2.75) is 6.54 Å². The largest absolute Gasteiger partial charge is 0.497 e. The Kier molecular flexibility index (Phi) is 4.57. The topological polar surface area (TPSA) is 102 Å². The molecular weight excluding hydrogens is 288 g/mol. The number of nitro groups is 1. The molecule has 0 spiro atoms. The summed E-state index contributed by atoms with van der Waals surface area (Å²) in [5.41, 5.74) is 0.861. The molecule has 0 aromatic heterocycles. The minimum absolute atomic E-state index is 0.136. The van der Waals surface area contributed by atoms with E-state index in [0.717, 1.165) is 17.4 Å². The van der Waals surface area contributed by atoms with Crippen LogP contribution < -0.4 is 10.1 Å². The summed E-state index contributed by atoms with van der Waals surface area (Å²) in [6.45, 7) is 0.391. The van der Waals surface area contributed by atoms with Gasteiger partial charge in [-0.1, -0.05) is 12.1 Å². The lowest BCUT2D eigenvalue weighted by molar-refractivity contribution is -0.384. The number of benzene rings is 2. The molecule has 0 radical (unpaired) electrons. The number of non-ortho nitro benzene ring substituents is 1. The van der Waals surface area contributed by atoms with Gasteiger partial charge in [0, 0.05) is 24.4 Å². The molecule has 22 heavy (non-hydrogen) atoms. The molecule has 7 heteroatoms. The Morgan fingerprint density at radius 2 is 1.95 bits per heavy atom. The summed E-state index contributed by atoms with van der Waals surface area (Å²) in [6, 6.07) is 11.0. The van der Waals surface area contributed by atoms with Crippen LogP contribution in [0.2, 0.25) is 0 Å². The van der Waals surface area contributed by atoms with Crippen molar-refractivity contribution in [1.82, 2.24) is 0 Å². The summed E-state index contributed by atoms with van der Waals surface area (Å²) in [7, 11) is 1.57. The third kappa shape index (κ3) is 3.51. The minimum Gasteiger partial charge on any atom is -0.497 e. The Labute approximate surface area is 126 Å². The summed E-state index contributed by atoms with van der Waals surface area (Å²) in [6.07, 6.45) is 0. The number of rotatable bonds is 6. The first-order valence-corrected chi connectivity index (χ1v) is 6.40. The number of hydrogen-bond acceptors (Lipinski definition) is 5. The zero-order valence-corrected chi connectivity index (χ0v) is 11.8. The predicted octanol–water partition coefficient (Wildman–Crippen LogP) is 2.91. The van der Waals surface area contributed by atoms with Gasteiger partial charge in [-0.15, -0.1) is 0 Å². The quantitative estimate of drug-likeness (QED) is 0.628. The molecule has 2 rings (SSSR count). The van der Waals surface area contributed by atoms with E-state index in [1.165, 1.54) is 12.1 Å². The maximum Gasteiger partial charge on any atom is 0.338 e. The third-order valence-electron chi connectivity index (χ3n) is 3.09. The number of anilines is 1. The number of carboxylic acid groups (broad SMARTS) is 1. The van der Waals surface area contributed by atoms with Crippen LogP contribution in [0.3, 0.4) is 0 Å². The number of nitrogens with zero attached hydrogens (tertiary/aromatic N) is 1. The molecule has 0 fully saturated rings. The monoisotopic (exact) mass is 302 g/mol. The third-order valence-corrected chi connectivity index (χ3v) is 3.09. The molecule has 0 bridgehead atoms. The van der Waals surface area contributed by atoms with E-state index >= 15 is 0 Å². The van der Waals surface area contributed by atoms with Gasteiger partial charge >= 0.3 is 5.97 Å². The molecule has 2 aromatic carbocycles. The molecule has 0 unspecified atom stereocenters. The Morgan fingerprint density at radius 1 is 1.27 bits per heavy atom. The van der Waals surface area contributed by atoms with Crippen molar-refractivity contribution in [2.75, 3.05) is 12.4 Å². The lowest BCUT2D eigenvalue weighted by Gasteiger charge is -2.10. The summed E-state index contributed by atoms with van der Waals surface area (Å²) >= 11 is 0. The number of nitro benzene ring substituents is 1. The van der Waals surface area contributed by atoms with Crippen molar-refractivity contribution in [2.24, 2.45) is 0 Å². The molecule has 0 aliphatic rings. The van der Waals surface area contributed by atoms with Crippen LogP contribution in [0.1, 0.15) is 15.9 Å². The first kappa shape index (κ1) is 15.3. The normalized spacial score (nSPS) is 10.0. The van der Waals surface area contributed by atoms with E-state index in [0.29, 0.717) is 12.2 Å². The number of carbonyl (C=O) groups is 1. The van der Waals surface area contributed by atoms with Crippen LogP contribution in [-0.4, -0.2) is 23.1 Å². The van der Waals surface area contributed by atoms with Gasteiger partial charge in [0.2, 0.25) is 0 Å². The number of nitrogens with one attached hydrogen (secondary N) is 1. The molecule has 0 amide bonds. The van der Waals surface area contributed by atoms with Crippen LogP contribution in [0.25, 0.3) is 0 Å². The van der Waals surface area contributed by atoms with Crippen molar-refractivity contribution in [3.8, 4) is 5.75 Å². The molecule has 0 heterocycles. The molecule has 0 aliphatic heterocycles. The number of methoxy groups -OCH3 is 1. The summed E-state index contributed by atoms with van der Waals surface area (Å²) < 4.78 is 5.06. The Bertz CT molecular complexity index is 698. The van der Waals surface area contributed by atoms with E-state index in [9.17, 15) is 14.9 Å². The van der Waals surface area contributed by atoms with E-state index < -0.39 is 10.9 Å². The van der Waals surface area contributed by atoms with Gasteiger partial charge in [-0.2, -0.15) is 0 Å². The van der Waals surface area contributed by atoms with Crippen molar-refractivity contribution < 1.29 is 19.6 Å². The lowest BCUT2D eigenvalue weighted by Crippen LogP contribution is -2.07. The number of hydrogen-bond donors (Lipinski definition) is 2. The average Bonchev–Trinajstić information content (AvgIpc) is 2.53. The summed E-state index contributed by atoms with van der Waals surface area (Å²) in [4.78, 5) is 21.3. The van der Waals surface area contributed by atoms with E-state index in [-0.39, 0.29) is 11.3 Å². The molecular formula is C15H14N2O5. The number of ether oxygens (including phenoxy) is 1. The van der Waals surface area contributed by atoms with Crippen LogP contribution in [0, 0.1) is 10.1 Å². The van der Waals surface area contributed by atoms with Crippen molar-refractivity contribution >= 4 is 17.3 Å². The molecule has 0 saturated heterocycles. The Morgan fingerprint density at radius 3 is 2.50 bits per heavy atom. The van der Waals surface area contributed by atoms with Gasteiger partial charge in [0.1, 0.15) is 5.75 Å². The average molecular weight is 302 g/mol. The van der Waals surface area contributed by atoms with Gasteiger partial charge in [-0.25, -0.2) is 4.79 Å². The second-order valence-electron chi connectivity index (χ2n) is 4.49. The van der Waals surface area contributed by atoms with E-state index in [4.69, 9.17) is 9.84 Å². The maximum absolute atomic E-state index is 11.2. The second-order valence-corrected chi connectivity index (χ2v) is 4.49. The van der Waals surface area contributed by atoms with Crippen LogP contribution in [-0.2, 0) is 6.54 Å². The molecule has 0 atom stereocenters. The lowest BCUT2D eigenvalue weighted by atomic mass is 10.1. The van der Waals surface area contributed by atoms with Gasteiger partial charge in [-0.3, -0.25) is 10.1 Å². The van der Waals surface area contributed by atoms with Crippen molar-refractivity contribution in [3.05, 3.63) is 63.7 Å². The number of aromatic carboxylic acids is 1. The highest BCUT2D eigenvalue weighted by atomic mass is 16.6. The zero-order chi connectivity index (χ0) is 16.1. The highest BCUT2D eigenvalue weighted by molar-refractivity contribution is 5.95. The Balaban J connectivity index is 2.17. The highest BCUT2D eigenvalue weighted by Gasteiger charge is 2.15. The summed E-state index contributed by atoms with van der Waals surface area (Å²) in [5, 5.41) is 22.8. The van der Waals surface area contributed by atoms with Gasteiger partial charge in [0.05, 0.1) is 17.6 Å². The fourth-order valence-corrected chi connectivity index (χ4v) is 1.92. The Hall–Kier alpha value is -3.09. The van der Waals surface area contributed by atoms with Gasteiger partial charge in [-0.05, 0) is 23.8 Å². The molecule has 0 aliphatic carbocycles. The van der Waals surface area contributed by atoms with E-state index in [2.05, 4.69) is 5.32 Å². The standard InChI is InChI=1S/C15H14N2O5/c1-22-12-5-2-10(3-6-12)9-16-14-7-4-11(17(20)21)8-13(14)15(18)19/h2-8,16H,9H2,1H3,(H,18,19). The molecule has 2 aromatic rings. The first-order valence-electron chi connectivity index (χ1n) is 6.40. The van der Waals surface area contributed by atoms with Gasteiger partial charge < -0.3 is 15.2 Å². The van der Waals surface area contributed by atoms with E-state index in [1.54, 1.807) is 19.2 Å². The van der Waals surface area contributed by atoms with Crippen LogP contribution in [0.5, 0.6) is 5.75 Å². The van der Waals surface area contributed by atoms with Gasteiger partial charge in [0.15, 0.2) is 0 Å². The second kappa shape index (κ2) is 6.57. The fraction of sp³-hybridized carbons (Fsp3) is 0.133. The number of carboxylic acids is 1. The molecule has 0 saturated carbocycles. The molecule has 7 nitrogen and oxygen atoms in total. The highest BCUT2D eigenvalue weighted by Crippen LogP contribution is 2.23. The molecule has 114 valence electrons. The van der Waals surface area contributed by atoms with Crippen molar-refractivity contribution in [1.29, 1.82) is 0 Å². The first-order chi connectivity index (χ1) is 10.5. The van der Waals surface area contributed by atoms with Crippen LogP contribution in [0.15, 0.2) is 42.5 Å².